The summed E-state index contributed by atoms with van der Waals surface area (Å²) in [6.45, 7) is 8.81. The van der Waals surface area contributed by atoms with Crippen LogP contribution in [-0.2, 0) is 4.74 Å². The number of hydrogen-bond acceptors (Lipinski definition) is 3. The summed E-state index contributed by atoms with van der Waals surface area (Å²) in [4.78, 5) is 2.40. The molecule has 94 valence electrons. The molecule has 1 spiro atoms. The normalized spacial score (nSPS) is 38.1. The average Bonchev–Trinajstić information content (AvgIpc) is 2.64. The van der Waals surface area contributed by atoms with E-state index in [4.69, 9.17) is 4.74 Å². The van der Waals surface area contributed by atoms with Crippen molar-refractivity contribution >= 4 is 0 Å². The summed E-state index contributed by atoms with van der Waals surface area (Å²) in [5, 5.41) is 3.69. The van der Waals surface area contributed by atoms with E-state index < -0.39 is 0 Å². The van der Waals surface area contributed by atoms with Crippen LogP contribution >= 0.6 is 0 Å². The van der Waals surface area contributed by atoms with Gasteiger partial charge >= 0.3 is 0 Å². The third kappa shape index (κ3) is 2.41. The second kappa shape index (κ2) is 5.03. The summed E-state index contributed by atoms with van der Waals surface area (Å²) in [7, 11) is 2.20. The van der Waals surface area contributed by atoms with Crippen molar-refractivity contribution in [2.45, 2.75) is 44.8 Å². The van der Waals surface area contributed by atoms with Gasteiger partial charge in [-0.3, -0.25) is 0 Å². The summed E-state index contributed by atoms with van der Waals surface area (Å²) in [6, 6.07) is 0.557. The lowest BCUT2D eigenvalue weighted by Gasteiger charge is -2.43. The standard InChI is InChI=1S/C13H26N2O/c1-4-11(2)9-12-13(16-8-6-14-12)5-7-15(3)10-13/h11-12,14H,4-10H2,1-3H3. The maximum Gasteiger partial charge on any atom is 0.0973 e. The topological polar surface area (TPSA) is 24.5 Å². The maximum absolute atomic E-state index is 6.15. The summed E-state index contributed by atoms with van der Waals surface area (Å²) >= 11 is 0. The molecule has 0 saturated carbocycles. The third-order valence-electron chi connectivity index (χ3n) is 4.31. The average molecular weight is 226 g/mol. The molecule has 2 aliphatic rings. The highest BCUT2D eigenvalue weighted by Crippen LogP contribution is 2.33. The lowest BCUT2D eigenvalue weighted by molar-refractivity contribution is -0.0920. The molecule has 3 unspecified atom stereocenters. The predicted octanol–water partition coefficient (Wildman–Crippen LogP) is 1.49. The molecule has 3 atom stereocenters. The summed E-state index contributed by atoms with van der Waals surface area (Å²) in [5.74, 6) is 0.794. The molecule has 0 amide bonds. The van der Waals surface area contributed by atoms with Crippen molar-refractivity contribution in [3.8, 4) is 0 Å². The Morgan fingerprint density at radius 1 is 1.56 bits per heavy atom. The van der Waals surface area contributed by atoms with E-state index in [9.17, 15) is 0 Å². The molecule has 1 N–H and O–H groups in total. The van der Waals surface area contributed by atoms with Gasteiger partial charge in [0.05, 0.1) is 12.2 Å². The smallest absolute Gasteiger partial charge is 0.0973 e. The molecule has 3 nitrogen and oxygen atoms in total. The van der Waals surface area contributed by atoms with Crippen LogP contribution in [-0.4, -0.2) is 49.8 Å². The minimum Gasteiger partial charge on any atom is -0.371 e. The lowest BCUT2D eigenvalue weighted by Crippen LogP contribution is -2.59. The summed E-state index contributed by atoms with van der Waals surface area (Å²) in [6.07, 6.45) is 3.71. The van der Waals surface area contributed by atoms with Crippen molar-refractivity contribution in [3.05, 3.63) is 0 Å². The van der Waals surface area contributed by atoms with Crippen LogP contribution in [0.3, 0.4) is 0 Å². The van der Waals surface area contributed by atoms with Gasteiger partial charge < -0.3 is 15.0 Å². The molecular weight excluding hydrogens is 200 g/mol. The Balaban J connectivity index is 2.02. The van der Waals surface area contributed by atoms with Gasteiger partial charge in [-0.2, -0.15) is 0 Å². The second-order valence-electron chi connectivity index (χ2n) is 5.66. The fourth-order valence-corrected chi connectivity index (χ4v) is 3.04. The molecule has 0 aromatic carbocycles. The predicted molar refractivity (Wildman–Crippen MR) is 66.7 cm³/mol. The van der Waals surface area contributed by atoms with Gasteiger partial charge in [0.25, 0.3) is 0 Å². The zero-order valence-electron chi connectivity index (χ0n) is 11.0. The number of likely N-dealkylation sites (tertiary alicyclic amines) is 1. The van der Waals surface area contributed by atoms with Crippen molar-refractivity contribution in [1.82, 2.24) is 10.2 Å². The van der Waals surface area contributed by atoms with Gasteiger partial charge in [0.2, 0.25) is 0 Å². The van der Waals surface area contributed by atoms with Crippen LogP contribution in [0.5, 0.6) is 0 Å². The Morgan fingerprint density at radius 3 is 3.00 bits per heavy atom. The number of ether oxygens (including phenoxy) is 1. The molecule has 16 heavy (non-hydrogen) atoms. The van der Waals surface area contributed by atoms with Gasteiger partial charge in [-0.05, 0) is 25.8 Å². The highest BCUT2D eigenvalue weighted by atomic mass is 16.5. The van der Waals surface area contributed by atoms with E-state index in [1.165, 1.54) is 25.8 Å². The Kier molecular flexibility index (Phi) is 3.88. The van der Waals surface area contributed by atoms with Gasteiger partial charge in [-0.25, -0.2) is 0 Å². The summed E-state index contributed by atoms with van der Waals surface area (Å²) < 4.78 is 6.15. The zero-order valence-corrected chi connectivity index (χ0v) is 11.0. The molecule has 0 aromatic rings. The van der Waals surface area contributed by atoms with E-state index in [-0.39, 0.29) is 5.60 Å². The van der Waals surface area contributed by atoms with Gasteiger partial charge in [-0.15, -0.1) is 0 Å². The first-order chi connectivity index (χ1) is 7.66. The van der Waals surface area contributed by atoms with Crippen LogP contribution in [0.25, 0.3) is 0 Å². The van der Waals surface area contributed by atoms with E-state index in [0.717, 1.165) is 25.6 Å². The Bertz CT molecular complexity index is 230. The maximum atomic E-state index is 6.15. The minimum absolute atomic E-state index is 0.108. The van der Waals surface area contributed by atoms with Gasteiger partial charge in [-0.1, -0.05) is 20.3 Å². The number of nitrogens with zero attached hydrogens (tertiary/aromatic N) is 1. The molecule has 0 radical (unpaired) electrons. The van der Waals surface area contributed by atoms with Crippen molar-refractivity contribution < 1.29 is 4.74 Å². The molecule has 2 fully saturated rings. The number of likely N-dealkylation sites (N-methyl/N-ethyl adjacent to an activating group) is 1. The van der Waals surface area contributed by atoms with Crippen LogP contribution in [0.15, 0.2) is 0 Å². The largest absolute Gasteiger partial charge is 0.371 e. The Hall–Kier alpha value is -0.120. The van der Waals surface area contributed by atoms with Gasteiger partial charge in [0.1, 0.15) is 0 Å². The highest BCUT2D eigenvalue weighted by Gasteiger charge is 2.46. The van der Waals surface area contributed by atoms with E-state index >= 15 is 0 Å². The van der Waals surface area contributed by atoms with Crippen LogP contribution in [0.1, 0.15) is 33.1 Å². The Morgan fingerprint density at radius 2 is 2.38 bits per heavy atom. The zero-order chi connectivity index (χ0) is 11.6. The molecule has 2 rings (SSSR count). The van der Waals surface area contributed by atoms with E-state index in [1.807, 2.05) is 0 Å². The molecule has 0 aliphatic carbocycles. The third-order valence-corrected chi connectivity index (χ3v) is 4.31. The Labute approximate surface area is 99.5 Å². The molecular formula is C13H26N2O. The van der Waals surface area contributed by atoms with Gasteiger partial charge in [0.15, 0.2) is 0 Å². The first-order valence-corrected chi connectivity index (χ1v) is 6.72. The van der Waals surface area contributed by atoms with Crippen LogP contribution in [0, 0.1) is 5.92 Å². The van der Waals surface area contributed by atoms with Crippen molar-refractivity contribution in [2.24, 2.45) is 5.92 Å². The molecule has 2 heterocycles. The lowest BCUT2D eigenvalue weighted by atomic mass is 9.84. The number of nitrogens with one attached hydrogen (secondary N) is 1. The fourth-order valence-electron chi connectivity index (χ4n) is 3.04. The molecule has 0 aromatic heterocycles. The molecule has 2 aliphatic heterocycles. The van der Waals surface area contributed by atoms with E-state index in [1.54, 1.807) is 0 Å². The van der Waals surface area contributed by atoms with Gasteiger partial charge in [0, 0.05) is 25.7 Å². The van der Waals surface area contributed by atoms with Crippen molar-refractivity contribution in [3.63, 3.8) is 0 Å². The fraction of sp³-hybridized carbons (Fsp3) is 1.00. The number of rotatable bonds is 3. The first-order valence-electron chi connectivity index (χ1n) is 6.72. The molecule has 2 saturated heterocycles. The summed E-state index contributed by atoms with van der Waals surface area (Å²) in [5.41, 5.74) is 0.108. The minimum atomic E-state index is 0.108. The SMILES string of the molecule is CCC(C)CC1NCCOC12CCN(C)C2. The number of hydrogen-bond donors (Lipinski definition) is 1. The van der Waals surface area contributed by atoms with E-state index in [2.05, 4.69) is 31.1 Å². The van der Waals surface area contributed by atoms with Crippen LogP contribution in [0.4, 0.5) is 0 Å². The van der Waals surface area contributed by atoms with Crippen molar-refractivity contribution in [2.75, 3.05) is 33.3 Å². The first kappa shape index (κ1) is 12.3. The molecule has 3 heteroatoms. The molecule has 0 bridgehead atoms. The van der Waals surface area contributed by atoms with Crippen LogP contribution in [0.2, 0.25) is 0 Å². The van der Waals surface area contributed by atoms with E-state index in [0.29, 0.717) is 6.04 Å². The monoisotopic (exact) mass is 226 g/mol. The number of morpholine rings is 1. The van der Waals surface area contributed by atoms with Crippen LogP contribution < -0.4 is 5.32 Å². The highest BCUT2D eigenvalue weighted by molar-refractivity contribution is 5.02. The van der Waals surface area contributed by atoms with Crippen molar-refractivity contribution in [1.29, 1.82) is 0 Å². The quantitative estimate of drug-likeness (QED) is 0.789. The second-order valence-corrected chi connectivity index (χ2v) is 5.66.